The number of piperidine rings is 1. The number of alkyl halides is 3. The van der Waals surface area contributed by atoms with Crippen molar-refractivity contribution in [1.29, 1.82) is 0 Å². The molecule has 6 rings (SSSR count). The number of carbonyl (C=O) groups excluding carboxylic acids is 1. The lowest BCUT2D eigenvalue weighted by Gasteiger charge is -2.35. The Balaban J connectivity index is 1.05. The molecule has 3 unspecified atom stereocenters. The molecule has 0 aromatic carbocycles. The summed E-state index contributed by atoms with van der Waals surface area (Å²) in [5.74, 6) is 1.80. The van der Waals surface area contributed by atoms with Gasteiger partial charge in [-0.25, -0.2) is 20.4 Å². The molecule has 0 radical (unpaired) electrons. The van der Waals surface area contributed by atoms with Crippen LogP contribution in [0.25, 0.3) is 11.3 Å². The second kappa shape index (κ2) is 11.8. The third kappa shape index (κ3) is 6.34. The van der Waals surface area contributed by atoms with Crippen molar-refractivity contribution in [1.82, 2.24) is 30.7 Å². The van der Waals surface area contributed by atoms with E-state index >= 15 is 0 Å². The topological polar surface area (TPSA) is 107 Å². The molecule has 0 bridgehead atoms. The minimum atomic E-state index is -4.45. The number of hydrogen-bond donors (Lipinski definition) is 4. The molecule has 1 saturated carbocycles. The zero-order valence-corrected chi connectivity index (χ0v) is 23.4. The summed E-state index contributed by atoms with van der Waals surface area (Å²) in [6.45, 7) is 3.32. The van der Waals surface area contributed by atoms with Crippen molar-refractivity contribution in [3.05, 3.63) is 59.9 Å². The molecule has 0 spiro atoms. The van der Waals surface area contributed by atoms with Gasteiger partial charge in [0.2, 0.25) is 5.91 Å². The van der Waals surface area contributed by atoms with Crippen LogP contribution in [-0.2, 0) is 11.0 Å². The van der Waals surface area contributed by atoms with Crippen LogP contribution in [0.3, 0.4) is 0 Å². The Morgan fingerprint density at radius 1 is 0.952 bits per heavy atom. The smallest absolute Gasteiger partial charge is 0.367 e. The normalized spacial score (nSPS) is 23.0. The van der Waals surface area contributed by atoms with E-state index < -0.39 is 11.7 Å². The van der Waals surface area contributed by atoms with Crippen LogP contribution >= 0.6 is 0 Å². The molecular weight excluding hydrogens is 545 g/mol. The van der Waals surface area contributed by atoms with Crippen LogP contribution in [-0.4, -0.2) is 57.0 Å². The fraction of sp³-hybridized carbons (Fsp3) is 0.467. The first-order chi connectivity index (χ1) is 20.2. The first kappa shape index (κ1) is 28.4. The molecule has 2 aliphatic heterocycles. The van der Waals surface area contributed by atoms with Crippen molar-refractivity contribution < 1.29 is 18.0 Å². The second-order valence-corrected chi connectivity index (χ2v) is 11.5. The molecule has 1 aliphatic carbocycles. The molecule has 12 heteroatoms. The summed E-state index contributed by atoms with van der Waals surface area (Å²) in [6.07, 6.45) is 4.75. The quantitative estimate of drug-likeness (QED) is 0.321. The third-order valence-corrected chi connectivity index (χ3v) is 8.47. The molecule has 2 saturated heterocycles. The molecule has 4 N–H and O–H groups in total. The first-order valence-electron chi connectivity index (χ1n) is 14.5. The Morgan fingerprint density at radius 2 is 1.76 bits per heavy atom. The van der Waals surface area contributed by atoms with Gasteiger partial charge in [-0.3, -0.25) is 10.2 Å². The number of pyridine rings is 3. The minimum absolute atomic E-state index is 0.0636. The van der Waals surface area contributed by atoms with Gasteiger partial charge in [0.15, 0.2) is 0 Å². The van der Waals surface area contributed by atoms with Crippen molar-refractivity contribution >= 4 is 23.4 Å². The van der Waals surface area contributed by atoms with Gasteiger partial charge >= 0.3 is 6.18 Å². The van der Waals surface area contributed by atoms with E-state index in [1.165, 1.54) is 12.8 Å². The second-order valence-electron chi connectivity index (χ2n) is 11.5. The van der Waals surface area contributed by atoms with Gasteiger partial charge in [-0.2, -0.15) is 13.2 Å². The highest BCUT2D eigenvalue weighted by Crippen LogP contribution is 2.32. The molecule has 222 valence electrons. The Morgan fingerprint density at radius 3 is 2.52 bits per heavy atom. The zero-order valence-electron chi connectivity index (χ0n) is 23.4. The summed E-state index contributed by atoms with van der Waals surface area (Å²) in [6, 6.07) is 9.86. The summed E-state index contributed by atoms with van der Waals surface area (Å²) in [7, 11) is 0. The number of likely N-dealkylation sites (tertiary alicyclic amines) is 1. The number of carbonyl (C=O) groups is 1. The number of rotatable bonds is 6. The van der Waals surface area contributed by atoms with Gasteiger partial charge in [0.25, 0.3) is 0 Å². The van der Waals surface area contributed by atoms with E-state index in [2.05, 4.69) is 36.4 Å². The Labute approximate surface area is 242 Å². The summed E-state index contributed by atoms with van der Waals surface area (Å²) in [4.78, 5) is 28.4. The molecule has 9 nitrogen and oxygen atoms in total. The van der Waals surface area contributed by atoms with Crippen LogP contribution in [0.1, 0.15) is 49.7 Å². The van der Waals surface area contributed by atoms with Crippen molar-refractivity contribution in [2.24, 2.45) is 5.92 Å². The van der Waals surface area contributed by atoms with Gasteiger partial charge in [0.05, 0.1) is 11.3 Å². The maximum atomic E-state index is 13.2. The van der Waals surface area contributed by atoms with Gasteiger partial charge in [-0.1, -0.05) is 12.8 Å². The number of hydrazine groups is 1. The van der Waals surface area contributed by atoms with Crippen LogP contribution in [0.4, 0.5) is 30.6 Å². The number of fused-ring (bicyclic) bond motifs is 1. The Bertz CT molecular complexity index is 1410. The van der Waals surface area contributed by atoms with Gasteiger partial charge in [-0.05, 0) is 74.6 Å². The fourth-order valence-electron chi connectivity index (χ4n) is 6.25. The number of nitrogens with zero attached hydrogens (tertiary/aromatic N) is 4. The number of aryl methyl sites for hydroxylation is 1. The predicted molar refractivity (Wildman–Crippen MR) is 154 cm³/mol. The molecule has 3 aromatic heterocycles. The lowest BCUT2D eigenvalue weighted by atomic mass is 9.81. The number of aromatic nitrogens is 3. The largest absolute Gasteiger partial charge is 0.416 e. The predicted octanol–water partition coefficient (Wildman–Crippen LogP) is 5.05. The summed E-state index contributed by atoms with van der Waals surface area (Å²) < 4.78 is 39.3. The average molecular weight is 581 g/mol. The summed E-state index contributed by atoms with van der Waals surface area (Å²) in [5, 5.41) is 6.38. The van der Waals surface area contributed by atoms with E-state index in [1.54, 1.807) is 12.3 Å². The van der Waals surface area contributed by atoms with Crippen LogP contribution in [0, 0.1) is 12.8 Å². The minimum Gasteiger partial charge on any atom is -0.367 e. The SMILES string of the molecule is Cc1cc(Nc2cc(C(F)(F)F)ccn2)nc(-c2ccc(NC3CCN(C(=O)C4NNC5CCCCC54)CC3)nc2)c1. The molecule has 3 aromatic rings. The molecule has 3 atom stereocenters. The number of hydrogen-bond acceptors (Lipinski definition) is 8. The number of halogens is 3. The van der Waals surface area contributed by atoms with E-state index in [1.807, 2.05) is 30.0 Å². The highest BCUT2D eigenvalue weighted by atomic mass is 19.4. The van der Waals surface area contributed by atoms with Crippen molar-refractivity contribution in [3.8, 4) is 11.3 Å². The third-order valence-electron chi connectivity index (χ3n) is 8.47. The van der Waals surface area contributed by atoms with Crippen molar-refractivity contribution in [3.63, 3.8) is 0 Å². The maximum absolute atomic E-state index is 13.2. The Hall–Kier alpha value is -3.77. The van der Waals surface area contributed by atoms with Crippen molar-refractivity contribution in [2.45, 2.75) is 69.8 Å². The first-order valence-corrected chi connectivity index (χ1v) is 14.5. The molecule has 3 fully saturated rings. The molecular formula is C30H35F3N8O. The molecule has 42 heavy (non-hydrogen) atoms. The van der Waals surface area contributed by atoms with Crippen molar-refractivity contribution in [2.75, 3.05) is 23.7 Å². The zero-order chi connectivity index (χ0) is 29.3. The summed E-state index contributed by atoms with van der Waals surface area (Å²) >= 11 is 0. The average Bonchev–Trinajstić information content (AvgIpc) is 3.41. The van der Waals surface area contributed by atoms with E-state index in [0.717, 1.165) is 61.0 Å². The molecule has 5 heterocycles. The maximum Gasteiger partial charge on any atom is 0.416 e. The highest BCUT2D eigenvalue weighted by molar-refractivity contribution is 5.82. The standard InChI is InChI=1S/C30H35F3N8O/c1-18-14-24(37-27(15-18)38-26-16-20(8-11-34-26)30(31,32)33)19-6-7-25(35-17-19)36-21-9-12-41(13-10-21)29(42)28-22-4-2-3-5-23(22)39-40-28/h6-8,11,14-17,21-23,28,39-40H,2-5,9-10,12-13H2,1H3,(H,35,36)(H,34,37,38). The lowest BCUT2D eigenvalue weighted by molar-refractivity contribution is -0.137. The monoisotopic (exact) mass is 580 g/mol. The number of nitrogens with one attached hydrogen (secondary N) is 4. The summed E-state index contributed by atoms with van der Waals surface area (Å²) in [5.41, 5.74) is 8.15. The number of anilines is 3. The lowest BCUT2D eigenvalue weighted by Crippen LogP contribution is -2.51. The van der Waals surface area contributed by atoms with Crippen LogP contribution in [0.2, 0.25) is 0 Å². The van der Waals surface area contributed by atoms with E-state index in [4.69, 9.17) is 0 Å². The van der Waals surface area contributed by atoms with Gasteiger partial charge in [0.1, 0.15) is 23.5 Å². The van der Waals surface area contributed by atoms with Gasteiger partial charge in [0, 0.05) is 49.0 Å². The number of amides is 1. The van der Waals surface area contributed by atoms with E-state index in [0.29, 0.717) is 36.6 Å². The van der Waals surface area contributed by atoms with E-state index in [9.17, 15) is 18.0 Å². The Kier molecular flexibility index (Phi) is 8.00. The molecule has 3 aliphatic rings. The molecule has 1 amide bonds. The van der Waals surface area contributed by atoms with Gasteiger partial charge in [-0.15, -0.1) is 0 Å². The fourth-order valence-corrected chi connectivity index (χ4v) is 6.25. The van der Waals surface area contributed by atoms with Crippen LogP contribution < -0.4 is 21.5 Å². The van der Waals surface area contributed by atoms with Crippen LogP contribution in [0.5, 0.6) is 0 Å². The van der Waals surface area contributed by atoms with E-state index in [-0.39, 0.29) is 23.8 Å². The van der Waals surface area contributed by atoms with Gasteiger partial charge < -0.3 is 15.5 Å². The van der Waals surface area contributed by atoms with Crippen LogP contribution in [0.15, 0.2) is 48.8 Å². The highest BCUT2D eigenvalue weighted by Gasteiger charge is 2.43.